The smallest absolute Gasteiger partial charge is 0.317 e. The molecule has 66 valence electrons. The molecule has 0 saturated carbocycles. The molecule has 0 aliphatic carbocycles. The molecule has 1 atom stereocenters. The maximum atomic E-state index is 10.6. The summed E-state index contributed by atoms with van der Waals surface area (Å²) in [6.07, 6.45) is 1.31. The molecule has 0 radical (unpaired) electrons. The zero-order valence-electron chi connectivity index (χ0n) is 7.85. The first-order valence-electron chi connectivity index (χ1n) is 4.36. The summed E-state index contributed by atoms with van der Waals surface area (Å²) in [5.74, 6) is 0. The van der Waals surface area contributed by atoms with Crippen LogP contribution in [0, 0.1) is 0 Å². The van der Waals surface area contributed by atoms with E-state index in [1.54, 1.807) is 0 Å². The monoisotopic (exact) mass is 158 g/mol. The summed E-state index contributed by atoms with van der Waals surface area (Å²) < 4.78 is 0. The SMILES string of the molecule is CC.CCC1NC(=O)N1CC. The largest absolute Gasteiger partial charge is 0.320 e. The van der Waals surface area contributed by atoms with Gasteiger partial charge < -0.3 is 10.2 Å². The fraction of sp³-hybridized carbons (Fsp3) is 0.875. The number of nitrogens with zero attached hydrogens (tertiary/aromatic N) is 1. The van der Waals surface area contributed by atoms with E-state index >= 15 is 0 Å². The van der Waals surface area contributed by atoms with Gasteiger partial charge in [-0.15, -0.1) is 0 Å². The fourth-order valence-electron chi connectivity index (χ4n) is 1.07. The number of amides is 2. The number of hydrogen-bond acceptors (Lipinski definition) is 1. The molecule has 1 heterocycles. The van der Waals surface area contributed by atoms with E-state index in [0.29, 0.717) is 6.17 Å². The zero-order chi connectivity index (χ0) is 8.85. The van der Waals surface area contributed by atoms with E-state index in [-0.39, 0.29) is 6.03 Å². The van der Waals surface area contributed by atoms with Crippen molar-refractivity contribution in [1.82, 2.24) is 10.2 Å². The van der Waals surface area contributed by atoms with Gasteiger partial charge in [-0.05, 0) is 13.3 Å². The molecule has 1 unspecified atom stereocenters. The van der Waals surface area contributed by atoms with Gasteiger partial charge in [0.1, 0.15) is 6.17 Å². The van der Waals surface area contributed by atoms with Crippen LogP contribution < -0.4 is 5.32 Å². The topological polar surface area (TPSA) is 32.3 Å². The van der Waals surface area contributed by atoms with Crippen LogP contribution in [0.15, 0.2) is 0 Å². The summed E-state index contributed by atoms with van der Waals surface area (Å²) in [6, 6.07) is 0.0735. The Balaban J connectivity index is 0.000000461. The lowest BCUT2D eigenvalue weighted by Crippen LogP contribution is -2.64. The van der Waals surface area contributed by atoms with Crippen LogP contribution in [0.1, 0.15) is 34.1 Å². The molecule has 1 fully saturated rings. The van der Waals surface area contributed by atoms with Crippen molar-refractivity contribution in [3.8, 4) is 0 Å². The molecule has 0 aromatic carbocycles. The number of carbonyl (C=O) groups excluding carboxylic acids is 1. The van der Waals surface area contributed by atoms with Crippen molar-refractivity contribution in [2.75, 3.05) is 6.54 Å². The number of urea groups is 1. The molecule has 0 aromatic rings. The lowest BCUT2D eigenvalue weighted by molar-refractivity contribution is 0.108. The van der Waals surface area contributed by atoms with Gasteiger partial charge in [-0.2, -0.15) is 0 Å². The highest BCUT2D eigenvalue weighted by atomic mass is 16.2. The second-order valence-corrected chi connectivity index (χ2v) is 2.16. The minimum absolute atomic E-state index is 0.0735. The van der Waals surface area contributed by atoms with Crippen LogP contribution in [0.5, 0.6) is 0 Å². The lowest BCUT2D eigenvalue weighted by Gasteiger charge is -2.40. The molecule has 1 N–H and O–H groups in total. The Kier molecular flexibility index (Phi) is 4.66. The minimum atomic E-state index is 0.0735. The van der Waals surface area contributed by atoms with E-state index in [2.05, 4.69) is 12.2 Å². The Morgan fingerprint density at radius 1 is 1.45 bits per heavy atom. The quantitative estimate of drug-likeness (QED) is 0.653. The van der Waals surface area contributed by atoms with Crippen molar-refractivity contribution >= 4 is 6.03 Å². The average Bonchev–Trinajstić information content (AvgIpc) is 2.04. The molecule has 0 aromatic heterocycles. The summed E-state index contributed by atoms with van der Waals surface area (Å²) in [7, 11) is 0. The Labute approximate surface area is 68.8 Å². The van der Waals surface area contributed by atoms with Gasteiger partial charge in [0.05, 0.1) is 0 Å². The molecule has 1 saturated heterocycles. The van der Waals surface area contributed by atoms with Crippen molar-refractivity contribution in [1.29, 1.82) is 0 Å². The minimum Gasteiger partial charge on any atom is -0.317 e. The summed E-state index contributed by atoms with van der Waals surface area (Å²) in [5.41, 5.74) is 0. The molecule has 11 heavy (non-hydrogen) atoms. The second kappa shape index (κ2) is 4.99. The van der Waals surface area contributed by atoms with Gasteiger partial charge in [-0.1, -0.05) is 20.8 Å². The number of nitrogens with one attached hydrogen (secondary N) is 1. The average molecular weight is 158 g/mol. The van der Waals surface area contributed by atoms with Crippen molar-refractivity contribution in [2.24, 2.45) is 0 Å². The number of rotatable bonds is 2. The van der Waals surface area contributed by atoms with Crippen molar-refractivity contribution in [3.05, 3.63) is 0 Å². The van der Waals surface area contributed by atoms with Crippen LogP contribution in [0.2, 0.25) is 0 Å². The van der Waals surface area contributed by atoms with Crippen LogP contribution in [-0.4, -0.2) is 23.6 Å². The van der Waals surface area contributed by atoms with Crippen LogP contribution in [0.3, 0.4) is 0 Å². The molecule has 0 bridgehead atoms. The zero-order valence-corrected chi connectivity index (χ0v) is 7.85. The van der Waals surface area contributed by atoms with E-state index in [0.717, 1.165) is 13.0 Å². The lowest BCUT2D eigenvalue weighted by atomic mass is 10.2. The predicted octanol–water partition coefficient (Wildman–Crippen LogP) is 1.79. The number of hydrogen-bond donors (Lipinski definition) is 1. The highest BCUT2D eigenvalue weighted by molar-refractivity contribution is 5.80. The molecule has 2 amide bonds. The van der Waals surface area contributed by atoms with Crippen LogP contribution in [0.25, 0.3) is 0 Å². The first kappa shape index (κ1) is 10.3. The van der Waals surface area contributed by atoms with Crippen molar-refractivity contribution < 1.29 is 4.79 Å². The van der Waals surface area contributed by atoms with Gasteiger partial charge in [0.2, 0.25) is 0 Å². The van der Waals surface area contributed by atoms with Gasteiger partial charge >= 0.3 is 6.03 Å². The van der Waals surface area contributed by atoms with Gasteiger partial charge in [0.25, 0.3) is 0 Å². The van der Waals surface area contributed by atoms with E-state index in [9.17, 15) is 4.79 Å². The predicted molar refractivity (Wildman–Crippen MR) is 46.3 cm³/mol. The van der Waals surface area contributed by atoms with E-state index in [1.165, 1.54) is 0 Å². The normalized spacial score (nSPS) is 21.3. The molecule has 0 spiro atoms. The maximum absolute atomic E-state index is 10.6. The van der Waals surface area contributed by atoms with Crippen LogP contribution in [-0.2, 0) is 0 Å². The highest BCUT2D eigenvalue weighted by Gasteiger charge is 2.31. The molecule has 3 nitrogen and oxygen atoms in total. The summed E-state index contributed by atoms with van der Waals surface area (Å²) in [4.78, 5) is 12.5. The maximum Gasteiger partial charge on any atom is 0.320 e. The van der Waals surface area contributed by atoms with Gasteiger partial charge in [-0.3, -0.25) is 0 Å². The van der Waals surface area contributed by atoms with Crippen LogP contribution >= 0.6 is 0 Å². The molecule has 3 heteroatoms. The third-order valence-corrected chi connectivity index (χ3v) is 1.65. The van der Waals surface area contributed by atoms with Crippen molar-refractivity contribution in [3.63, 3.8) is 0 Å². The first-order chi connectivity index (χ1) is 5.29. The van der Waals surface area contributed by atoms with Crippen molar-refractivity contribution in [2.45, 2.75) is 40.3 Å². The molecule has 1 aliphatic heterocycles. The molecule has 1 rings (SSSR count). The third kappa shape index (κ3) is 2.10. The summed E-state index contributed by atoms with van der Waals surface area (Å²) in [5, 5.41) is 2.78. The van der Waals surface area contributed by atoms with Crippen LogP contribution in [0.4, 0.5) is 4.79 Å². The Hall–Kier alpha value is -0.730. The molecular formula is C8H18N2O. The third-order valence-electron chi connectivity index (χ3n) is 1.65. The second-order valence-electron chi connectivity index (χ2n) is 2.16. The Morgan fingerprint density at radius 2 is 2.00 bits per heavy atom. The molecule has 1 aliphatic rings. The van der Waals surface area contributed by atoms with E-state index in [4.69, 9.17) is 0 Å². The first-order valence-corrected chi connectivity index (χ1v) is 4.36. The fourth-order valence-corrected chi connectivity index (χ4v) is 1.07. The van der Waals surface area contributed by atoms with Gasteiger partial charge in [0, 0.05) is 6.54 Å². The summed E-state index contributed by atoms with van der Waals surface area (Å²) in [6.45, 7) is 8.87. The standard InChI is InChI=1S/C6H12N2O.C2H6/c1-3-5-7-6(9)8(5)4-2;1-2/h5H,3-4H2,1-2H3,(H,7,9);1-2H3. The molecular weight excluding hydrogens is 140 g/mol. The number of carbonyl (C=O) groups is 1. The summed E-state index contributed by atoms with van der Waals surface area (Å²) >= 11 is 0. The Morgan fingerprint density at radius 3 is 2.18 bits per heavy atom. The van der Waals surface area contributed by atoms with Gasteiger partial charge in [0.15, 0.2) is 0 Å². The van der Waals surface area contributed by atoms with E-state index in [1.807, 2.05) is 25.7 Å². The highest BCUT2D eigenvalue weighted by Crippen LogP contribution is 2.09. The van der Waals surface area contributed by atoms with Gasteiger partial charge in [-0.25, -0.2) is 4.79 Å². The van der Waals surface area contributed by atoms with E-state index < -0.39 is 0 Å². The Bertz CT molecular complexity index is 125.